The minimum absolute atomic E-state index is 0.0537. The topological polar surface area (TPSA) is 71.4 Å². The fraction of sp³-hybridized carbons (Fsp3) is 0. The molecule has 0 atom stereocenters. The lowest BCUT2D eigenvalue weighted by atomic mass is 9.97. The summed E-state index contributed by atoms with van der Waals surface area (Å²) in [5.74, 6) is -0.837. The number of ketones is 2. The quantitative estimate of drug-likeness (QED) is 0.814. The Hall–Kier alpha value is -2.53. The Kier molecular flexibility index (Phi) is 2.84. The molecular weight excluding hydrogens is 276 g/mol. The van der Waals surface area contributed by atoms with Crippen molar-refractivity contribution in [3.8, 4) is 5.06 Å². The van der Waals surface area contributed by atoms with Crippen LogP contribution in [0.25, 0.3) is 15.7 Å². The average Bonchev–Trinajstić information content (AvgIpc) is 2.42. The van der Waals surface area contributed by atoms with Crippen LogP contribution < -0.4 is 5.43 Å². The molecule has 0 saturated carbocycles. The van der Waals surface area contributed by atoms with Crippen molar-refractivity contribution in [2.45, 2.75) is 0 Å². The molecule has 0 amide bonds. The van der Waals surface area contributed by atoms with Gasteiger partial charge in [-0.2, -0.15) is 0 Å². The monoisotopic (exact) mass is 284 g/mol. The van der Waals surface area contributed by atoms with Gasteiger partial charge in [-0.25, -0.2) is 0 Å². The Morgan fingerprint density at radius 1 is 1.00 bits per heavy atom. The van der Waals surface area contributed by atoms with Crippen LogP contribution in [0.4, 0.5) is 0 Å². The number of hydrogen-bond donors (Lipinski definition) is 1. The summed E-state index contributed by atoms with van der Waals surface area (Å²) in [6.45, 7) is 0. The Morgan fingerprint density at radius 3 is 2.55 bits per heavy atom. The van der Waals surface area contributed by atoms with E-state index in [1.165, 1.54) is 0 Å². The second-order valence-corrected chi connectivity index (χ2v) is 5.30. The molecule has 0 saturated heterocycles. The molecule has 0 spiro atoms. The largest absolute Gasteiger partial charge is 0.499 e. The molecule has 2 aromatic rings. The number of carbonyl (C=O) groups excluding carboxylic acids is 2. The van der Waals surface area contributed by atoms with Gasteiger partial charge in [0, 0.05) is 15.7 Å². The zero-order valence-electron chi connectivity index (χ0n) is 10.1. The van der Waals surface area contributed by atoms with E-state index in [0.717, 1.165) is 29.6 Å². The fourth-order valence-corrected chi connectivity index (χ4v) is 3.00. The number of benzene rings is 1. The molecule has 4 nitrogen and oxygen atoms in total. The lowest BCUT2D eigenvalue weighted by molar-refractivity contribution is -0.113. The molecule has 1 N–H and O–H groups in total. The summed E-state index contributed by atoms with van der Waals surface area (Å²) < 4.78 is 0.629. The van der Waals surface area contributed by atoms with Crippen LogP contribution in [-0.2, 0) is 9.59 Å². The molecule has 1 aliphatic rings. The lowest BCUT2D eigenvalue weighted by Gasteiger charge is -2.09. The molecule has 20 heavy (non-hydrogen) atoms. The van der Waals surface area contributed by atoms with Crippen LogP contribution in [0.5, 0.6) is 5.06 Å². The molecule has 0 fully saturated rings. The average molecular weight is 284 g/mol. The van der Waals surface area contributed by atoms with Crippen LogP contribution >= 0.6 is 11.3 Å². The van der Waals surface area contributed by atoms with Gasteiger partial charge in [0.2, 0.25) is 0 Å². The van der Waals surface area contributed by atoms with E-state index < -0.39 is 11.2 Å². The molecule has 1 aromatic carbocycles. The van der Waals surface area contributed by atoms with E-state index in [1.807, 2.05) is 0 Å². The first kappa shape index (κ1) is 12.5. The van der Waals surface area contributed by atoms with Crippen molar-refractivity contribution < 1.29 is 14.7 Å². The van der Waals surface area contributed by atoms with E-state index in [4.69, 9.17) is 0 Å². The first-order chi connectivity index (χ1) is 9.58. The van der Waals surface area contributed by atoms with Gasteiger partial charge in [-0.05, 0) is 30.4 Å². The van der Waals surface area contributed by atoms with E-state index in [-0.39, 0.29) is 22.0 Å². The molecule has 3 rings (SSSR count). The van der Waals surface area contributed by atoms with Crippen LogP contribution in [0.3, 0.4) is 0 Å². The van der Waals surface area contributed by atoms with Crippen LogP contribution in [0.15, 0.2) is 47.3 Å². The van der Waals surface area contributed by atoms with Crippen molar-refractivity contribution in [1.82, 2.24) is 0 Å². The molecule has 0 bridgehead atoms. The summed E-state index contributed by atoms with van der Waals surface area (Å²) in [4.78, 5) is 35.6. The van der Waals surface area contributed by atoms with Crippen molar-refractivity contribution in [1.29, 1.82) is 0 Å². The van der Waals surface area contributed by atoms with Crippen molar-refractivity contribution in [3.63, 3.8) is 0 Å². The van der Waals surface area contributed by atoms with Gasteiger partial charge < -0.3 is 5.11 Å². The van der Waals surface area contributed by atoms with E-state index in [0.29, 0.717) is 10.1 Å². The van der Waals surface area contributed by atoms with E-state index in [9.17, 15) is 19.5 Å². The summed E-state index contributed by atoms with van der Waals surface area (Å²) in [6, 6.07) is 6.81. The predicted molar refractivity (Wildman–Crippen MR) is 76.9 cm³/mol. The standard InChI is InChI=1S/C15H8O4S/c16-8-5-6-11(17)10(7-8)13-14(18)9-3-1-2-4-12(9)20-15(13)19/h1-7,19H. The number of hydrogen-bond acceptors (Lipinski definition) is 5. The van der Waals surface area contributed by atoms with E-state index in [1.54, 1.807) is 24.3 Å². The Balaban J connectivity index is 2.35. The number of carbonyl (C=O) groups is 2. The lowest BCUT2D eigenvalue weighted by Crippen LogP contribution is -2.15. The molecule has 1 aliphatic carbocycles. The Labute approximate surface area is 117 Å². The SMILES string of the molecule is O=C1C=CC(=O)C(c2c(O)sc3ccccc3c2=O)=C1. The molecular formula is C15H8O4S. The Bertz CT molecular complexity index is 871. The van der Waals surface area contributed by atoms with Crippen LogP contribution in [0.2, 0.25) is 0 Å². The van der Waals surface area contributed by atoms with Gasteiger partial charge in [-0.3, -0.25) is 14.4 Å². The Morgan fingerprint density at radius 2 is 1.75 bits per heavy atom. The van der Waals surface area contributed by atoms with Gasteiger partial charge in [0.25, 0.3) is 0 Å². The van der Waals surface area contributed by atoms with Crippen molar-refractivity contribution in [2.75, 3.05) is 0 Å². The normalized spacial score (nSPS) is 14.7. The number of aromatic hydroxyl groups is 1. The summed E-state index contributed by atoms with van der Waals surface area (Å²) in [6.07, 6.45) is 3.33. The smallest absolute Gasteiger partial charge is 0.199 e. The molecule has 5 heteroatoms. The molecule has 0 aliphatic heterocycles. The van der Waals surface area contributed by atoms with Gasteiger partial charge in [-0.15, -0.1) is 0 Å². The summed E-state index contributed by atoms with van der Waals surface area (Å²) in [7, 11) is 0. The van der Waals surface area contributed by atoms with Crippen molar-refractivity contribution in [3.05, 3.63) is 58.3 Å². The summed E-state index contributed by atoms with van der Waals surface area (Å²) >= 11 is 1.01. The number of allylic oxidation sites excluding steroid dienone is 4. The third-order valence-electron chi connectivity index (χ3n) is 3.00. The molecule has 0 unspecified atom stereocenters. The second-order valence-electron chi connectivity index (χ2n) is 4.27. The third kappa shape index (κ3) is 1.88. The van der Waals surface area contributed by atoms with Gasteiger partial charge in [-0.1, -0.05) is 23.5 Å². The van der Waals surface area contributed by atoms with Crippen LogP contribution in [-0.4, -0.2) is 16.7 Å². The maximum Gasteiger partial charge on any atom is 0.199 e. The predicted octanol–water partition coefficient (Wildman–Crippen LogP) is 2.06. The van der Waals surface area contributed by atoms with Crippen molar-refractivity contribution >= 4 is 38.6 Å². The van der Waals surface area contributed by atoms with Gasteiger partial charge in [0.05, 0.1) is 5.56 Å². The molecule has 1 aromatic heterocycles. The zero-order valence-corrected chi connectivity index (χ0v) is 10.9. The highest BCUT2D eigenvalue weighted by molar-refractivity contribution is 7.20. The van der Waals surface area contributed by atoms with Crippen LogP contribution in [0, 0.1) is 0 Å². The van der Waals surface area contributed by atoms with Crippen molar-refractivity contribution in [2.24, 2.45) is 0 Å². The van der Waals surface area contributed by atoms with Crippen LogP contribution in [0.1, 0.15) is 5.56 Å². The van der Waals surface area contributed by atoms with Gasteiger partial charge in [0.15, 0.2) is 22.1 Å². The minimum atomic E-state index is -0.459. The highest BCUT2D eigenvalue weighted by atomic mass is 32.1. The maximum absolute atomic E-state index is 12.4. The molecule has 0 radical (unpaired) electrons. The zero-order chi connectivity index (χ0) is 14.3. The van der Waals surface area contributed by atoms with Gasteiger partial charge >= 0.3 is 0 Å². The third-order valence-corrected chi connectivity index (χ3v) is 3.97. The number of rotatable bonds is 1. The highest BCUT2D eigenvalue weighted by Crippen LogP contribution is 2.32. The minimum Gasteiger partial charge on any atom is -0.499 e. The van der Waals surface area contributed by atoms with E-state index in [2.05, 4.69) is 0 Å². The number of fused-ring (bicyclic) bond motifs is 1. The highest BCUT2D eigenvalue weighted by Gasteiger charge is 2.22. The molecule has 98 valence electrons. The summed E-state index contributed by atoms with van der Waals surface area (Å²) in [5.41, 5.74) is -0.599. The molecule has 1 heterocycles. The maximum atomic E-state index is 12.4. The second kappa shape index (κ2) is 4.54. The van der Waals surface area contributed by atoms with Gasteiger partial charge in [0.1, 0.15) is 0 Å². The summed E-state index contributed by atoms with van der Waals surface area (Å²) in [5, 5.41) is 10.2. The first-order valence-electron chi connectivity index (χ1n) is 5.81. The fourth-order valence-electron chi connectivity index (χ4n) is 2.07. The first-order valence-corrected chi connectivity index (χ1v) is 6.63. The van der Waals surface area contributed by atoms with E-state index >= 15 is 0 Å².